The molecule has 3 N–H and O–H groups in total. The molecule has 0 bridgehead atoms. The lowest BCUT2D eigenvalue weighted by atomic mass is 9.94. The second-order valence-electron chi connectivity index (χ2n) is 4.92. The Bertz CT molecular complexity index is 306. The number of hydrogen-bond donors (Lipinski definition) is 2. The summed E-state index contributed by atoms with van der Waals surface area (Å²) in [7, 11) is 0. The monoisotopic (exact) mass is 284 g/mol. The van der Waals surface area contributed by atoms with Crippen LogP contribution in [0.1, 0.15) is 19.4 Å². The first kappa shape index (κ1) is 13.7. The molecule has 2 nitrogen and oxygen atoms in total. The summed E-state index contributed by atoms with van der Waals surface area (Å²) in [4.78, 5) is 0. The average molecular weight is 285 g/mol. The highest BCUT2D eigenvalue weighted by Gasteiger charge is 2.13. The van der Waals surface area contributed by atoms with E-state index in [2.05, 4.69) is 59.4 Å². The fourth-order valence-corrected chi connectivity index (χ4v) is 1.65. The van der Waals surface area contributed by atoms with Gasteiger partial charge in [0.15, 0.2) is 0 Å². The van der Waals surface area contributed by atoms with E-state index in [1.807, 2.05) is 0 Å². The fraction of sp³-hybridized carbons (Fsp3) is 0.538. The maximum Gasteiger partial charge on any atom is 0.0175 e. The van der Waals surface area contributed by atoms with Gasteiger partial charge in [0, 0.05) is 11.0 Å². The Morgan fingerprint density at radius 1 is 1.25 bits per heavy atom. The summed E-state index contributed by atoms with van der Waals surface area (Å²) in [6.45, 7) is 7.06. The molecule has 16 heavy (non-hydrogen) atoms. The molecule has 0 aliphatic carbocycles. The molecular formula is C13H21BrN2. The van der Waals surface area contributed by atoms with Gasteiger partial charge in [0.05, 0.1) is 0 Å². The quantitative estimate of drug-likeness (QED) is 0.788. The Labute approximate surface area is 107 Å². The molecule has 1 rings (SSSR count). The van der Waals surface area contributed by atoms with Crippen molar-refractivity contribution in [1.29, 1.82) is 0 Å². The predicted molar refractivity (Wildman–Crippen MR) is 73.6 cm³/mol. The minimum absolute atomic E-state index is 0.194. The molecule has 0 spiro atoms. The van der Waals surface area contributed by atoms with Crippen molar-refractivity contribution in [3.63, 3.8) is 0 Å². The van der Waals surface area contributed by atoms with Gasteiger partial charge >= 0.3 is 0 Å². The predicted octanol–water partition coefficient (Wildman–Crippen LogP) is 2.57. The lowest BCUT2D eigenvalue weighted by molar-refractivity contribution is 0.353. The summed E-state index contributed by atoms with van der Waals surface area (Å²) in [5.41, 5.74) is 7.23. The van der Waals surface area contributed by atoms with Crippen molar-refractivity contribution in [3.05, 3.63) is 34.3 Å². The number of hydrogen-bond acceptors (Lipinski definition) is 2. The van der Waals surface area contributed by atoms with Gasteiger partial charge in [-0.05, 0) is 42.6 Å². The lowest BCUT2D eigenvalue weighted by Gasteiger charge is -2.22. The normalized spacial score (nSPS) is 11.8. The molecule has 0 saturated carbocycles. The van der Waals surface area contributed by atoms with Gasteiger partial charge in [0.1, 0.15) is 0 Å². The smallest absolute Gasteiger partial charge is 0.0175 e. The molecule has 1 aromatic carbocycles. The van der Waals surface area contributed by atoms with Crippen LogP contribution in [0, 0.1) is 5.41 Å². The molecule has 3 heteroatoms. The Morgan fingerprint density at radius 2 is 1.88 bits per heavy atom. The van der Waals surface area contributed by atoms with Crippen molar-refractivity contribution >= 4 is 15.9 Å². The van der Waals surface area contributed by atoms with Gasteiger partial charge in [0.2, 0.25) is 0 Å². The van der Waals surface area contributed by atoms with Gasteiger partial charge in [-0.15, -0.1) is 0 Å². The molecular weight excluding hydrogens is 264 g/mol. The molecule has 1 aromatic rings. The third-order valence-electron chi connectivity index (χ3n) is 2.66. The molecule has 0 aliphatic rings. The van der Waals surface area contributed by atoms with Gasteiger partial charge in [-0.25, -0.2) is 0 Å². The fourth-order valence-electron chi connectivity index (χ4n) is 1.38. The highest BCUT2D eigenvalue weighted by molar-refractivity contribution is 9.10. The van der Waals surface area contributed by atoms with Crippen molar-refractivity contribution in [2.45, 2.75) is 20.3 Å². The minimum atomic E-state index is 0.194. The molecule has 0 saturated heterocycles. The Balaban J connectivity index is 2.23. The van der Waals surface area contributed by atoms with E-state index in [1.54, 1.807) is 0 Å². The van der Waals surface area contributed by atoms with E-state index < -0.39 is 0 Å². The largest absolute Gasteiger partial charge is 0.330 e. The molecule has 0 unspecified atom stereocenters. The molecule has 0 atom stereocenters. The van der Waals surface area contributed by atoms with Gasteiger partial charge in [0.25, 0.3) is 0 Å². The first-order valence-electron chi connectivity index (χ1n) is 5.69. The zero-order valence-electron chi connectivity index (χ0n) is 10.1. The van der Waals surface area contributed by atoms with E-state index in [0.29, 0.717) is 0 Å². The molecule has 0 radical (unpaired) electrons. The maximum absolute atomic E-state index is 5.67. The Hall–Kier alpha value is -0.380. The van der Waals surface area contributed by atoms with Gasteiger partial charge in [-0.3, -0.25) is 0 Å². The van der Waals surface area contributed by atoms with Crippen LogP contribution in [0.5, 0.6) is 0 Å². The van der Waals surface area contributed by atoms with Crippen LogP contribution in [-0.4, -0.2) is 19.6 Å². The first-order chi connectivity index (χ1) is 7.53. The summed E-state index contributed by atoms with van der Waals surface area (Å²) < 4.78 is 1.13. The second kappa shape index (κ2) is 6.38. The zero-order valence-corrected chi connectivity index (χ0v) is 11.7. The number of benzene rings is 1. The van der Waals surface area contributed by atoms with Crippen molar-refractivity contribution in [2.24, 2.45) is 11.1 Å². The number of rotatable bonds is 6. The van der Waals surface area contributed by atoms with Crippen LogP contribution in [-0.2, 0) is 6.42 Å². The second-order valence-corrected chi connectivity index (χ2v) is 5.84. The SMILES string of the molecule is CC(C)(CN)CNCCc1ccc(Br)cc1. The molecule has 0 amide bonds. The van der Waals surface area contributed by atoms with Crippen LogP contribution in [0.4, 0.5) is 0 Å². The molecule has 0 aromatic heterocycles. The lowest BCUT2D eigenvalue weighted by Crippen LogP contribution is -2.36. The number of nitrogens with one attached hydrogen (secondary N) is 1. The average Bonchev–Trinajstić information content (AvgIpc) is 2.27. The highest BCUT2D eigenvalue weighted by Crippen LogP contribution is 2.11. The van der Waals surface area contributed by atoms with Crippen LogP contribution in [0.2, 0.25) is 0 Å². The maximum atomic E-state index is 5.67. The van der Waals surface area contributed by atoms with E-state index in [9.17, 15) is 0 Å². The number of halogens is 1. The van der Waals surface area contributed by atoms with Gasteiger partial charge in [-0.1, -0.05) is 41.9 Å². The van der Waals surface area contributed by atoms with Crippen LogP contribution in [0.25, 0.3) is 0 Å². The van der Waals surface area contributed by atoms with E-state index >= 15 is 0 Å². The van der Waals surface area contributed by atoms with E-state index in [-0.39, 0.29) is 5.41 Å². The van der Waals surface area contributed by atoms with E-state index in [1.165, 1.54) is 5.56 Å². The molecule has 0 heterocycles. The summed E-state index contributed by atoms with van der Waals surface area (Å²) in [5.74, 6) is 0. The van der Waals surface area contributed by atoms with Crippen molar-refractivity contribution < 1.29 is 0 Å². The summed E-state index contributed by atoms with van der Waals surface area (Å²) in [6, 6.07) is 8.47. The molecule has 90 valence electrons. The van der Waals surface area contributed by atoms with E-state index in [4.69, 9.17) is 5.73 Å². The van der Waals surface area contributed by atoms with Crippen LogP contribution >= 0.6 is 15.9 Å². The van der Waals surface area contributed by atoms with Gasteiger partial charge < -0.3 is 11.1 Å². The minimum Gasteiger partial charge on any atom is -0.330 e. The molecule has 0 aliphatic heterocycles. The third kappa shape index (κ3) is 5.10. The van der Waals surface area contributed by atoms with Crippen molar-refractivity contribution in [1.82, 2.24) is 5.32 Å². The topological polar surface area (TPSA) is 38.0 Å². The third-order valence-corrected chi connectivity index (χ3v) is 3.19. The summed E-state index contributed by atoms with van der Waals surface area (Å²) in [6.07, 6.45) is 1.06. The van der Waals surface area contributed by atoms with Crippen LogP contribution < -0.4 is 11.1 Å². The standard InChI is InChI=1S/C13H21BrN2/c1-13(2,9-15)10-16-8-7-11-3-5-12(14)6-4-11/h3-6,16H,7-10,15H2,1-2H3. The van der Waals surface area contributed by atoms with Crippen LogP contribution in [0.3, 0.4) is 0 Å². The Kier molecular flexibility index (Phi) is 5.46. The zero-order chi connectivity index (χ0) is 12.0. The van der Waals surface area contributed by atoms with Crippen molar-refractivity contribution in [2.75, 3.05) is 19.6 Å². The van der Waals surface area contributed by atoms with Gasteiger partial charge in [-0.2, -0.15) is 0 Å². The van der Waals surface area contributed by atoms with E-state index in [0.717, 1.165) is 30.5 Å². The van der Waals surface area contributed by atoms with Crippen LogP contribution in [0.15, 0.2) is 28.7 Å². The Morgan fingerprint density at radius 3 is 2.44 bits per heavy atom. The van der Waals surface area contributed by atoms with Crippen molar-refractivity contribution in [3.8, 4) is 0 Å². The summed E-state index contributed by atoms with van der Waals surface area (Å²) in [5, 5.41) is 3.45. The first-order valence-corrected chi connectivity index (χ1v) is 6.48. The molecule has 0 fully saturated rings. The number of nitrogens with two attached hydrogens (primary N) is 1. The summed E-state index contributed by atoms with van der Waals surface area (Å²) >= 11 is 3.43. The highest BCUT2D eigenvalue weighted by atomic mass is 79.9.